The molecule has 3 aromatic rings. The molecule has 4 amide bonds. The molecule has 0 bridgehead atoms. The highest BCUT2D eigenvalue weighted by Gasteiger charge is 2.44. The third kappa shape index (κ3) is 2.72. The van der Waals surface area contributed by atoms with Gasteiger partial charge in [0.25, 0.3) is 35.0 Å². The van der Waals surface area contributed by atoms with Crippen LogP contribution in [0.25, 0.3) is 0 Å². The molecule has 2 aliphatic heterocycles. The van der Waals surface area contributed by atoms with Crippen LogP contribution in [0.5, 0.6) is 0 Å². The Balaban J connectivity index is 1.75. The van der Waals surface area contributed by atoms with Crippen molar-refractivity contribution in [2.75, 3.05) is 9.80 Å². The SMILES string of the molecule is O=C1c2ccccc2C(=O)N1c1cc(N2C(=O)c3ccccc3C2=O)c([N+](=O)[O-])cc1[N+](=O)[O-]. The molecule has 0 spiro atoms. The molecule has 0 radical (unpaired) electrons. The summed E-state index contributed by atoms with van der Waals surface area (Å²) in [4.78, 5) is 74.3. The van der Waals surface area contributed by atoms with Gasteiger partial charge < -0.3 is 0 Å². The molecular formula is C22H10N4O8. The number of fused-ring (bicyclic) bond motifs is 2. The van der Waals surface area contributed by atoms with Gasteiger partial charge in [0.2, 0.25) is 0 Å². The predicted molar refractivity (Wildman–Crippen MR) is 115 cm³/mol. The fourth-order valence-electron chi connectivity index (χ4n) is 4.02. The fraction of sp³-hybridized carbons (Fsp3) is 0. The summed E-state index contributed by atoms with van der Waals surface area (Å²) in [6.07, 6.45) is 0. The number of amides is 4. The number of nitrogens with zero attached hydrogens (tertiary/aromatic N) is 4. The number of rotatable bonds is 4. The second kappa shape index (κ2) is 7.13. The van der Waals surface area contributed by atoms with Crippen LogP contribution in [-0.2, 0) is 0 Å². The second-order valence-corrected chi connectivity index (χ2v) is 7.33. The van der Waals surface area contributed by atoms with Gasteiger partial charge in [0, 0.05) is 6.07 Å². The Bertz CT molecular complexity index is 1330. The third-order valence-corrected chi connectivity index (χ3v) is 5.54. The molecule has 0 saturated carbocycles. The van der Waals surface area contributed by atoms with E-state index in [1.165, 1.54) is 48.5 Å². The zero-order valence-corrected chi connectivity index (χ0v) is 16.8. The Hall–Kier alpha value is -5.26. The van der Waals surface area contributed by atoms with Crippen LogP contribution in [0.15, 0.2) is 60.7 Å². The Morgan fingerprint density at radius 1 is 0.529 bits per heavy atom. The number of carbonyl (C=O) groups excluding carboxylic acids is 4. The Morgan fingerprint density at radius 3 is 1.09 bits per heavy atom. The fourth-order valence-corrected chi connectivity index (χ4v) is 4.02. The quantitative estimate of drug-likeness (QED) is 0.327. The van der Waals surface area contributed by atoms with Gasteiger partial charge in [-0.2, -0.15) is 0 Å². The maximum absolute atomic E-state index is 12.9. The van der Waals surface area contributed by atoms with Gasteiger partial charge in [-0.15, -0.1) is 0 Å². The summed E-state index contributed by atoms with van der Waals surface area (Å²) in [7, 11) is 0. The van der Waals surface area contributed by atoms with E-state index in [2.05, 4.69) is 0 Å². The Labute approximate surface area is 188 Å². The first-order valence-electron chi connectivity index (χ1n) is 9.65. The van der Waals surface area contributed by atoms with Crippen molar-refractivity contribution in [2.24, 2.45) is 0 Å². The lowest BCUT2D eigenvalue weighted by atomic mass is 10.1. The summed E-state index contributed by atoms with van der Waals surface area (Å²) in [6, 6.07) is 12.7. The van der Waals surface area contributed by atoms with Crippen molar-refractivity contribution in [3.8, 4) is 0 Å². The number of nitro benzene ring substituents is 2. The van der Waals surface area contributed by atoms with E-state index < -0.39 is 56.2 Å². The molecule has 34 heavy (non-hydrogen) atoms. The van der Waals surface area contributed by atoms with E-state index >= 15 is 0 Å². The highest BCUT2D eigenvalue weighted by atomic mass is 16.6. The van der Waals surface area contributed by atoms with E-state index in [0.717, 1.165) is 6.07 Å². The van der Waals surface area contributed by atoms with Gasteiger partial charge in [-0.3, -0.25) is 39.4 Å². The number of hydrogen-bond donors (Lipinski definition) is 0. The van der Waals surface area contributed by atoms with E-state index in [1.807, 2.05) is 0 Å². The van der Waals surface area contributed by atoms with Crippen molar-refractivity contribution in [3.63, 3.8) is 0 Å². The number of nitro groups is 2. The summed E-state index contributed by atoms with van der Waals surface area (Å²) < 4.78 is 0. The highest BCUT2D eigenvalue weighted by Crippen LogP contribution is 2.44. The normalized spacial score (nSPS) is 14.5. The van der Waals surface area contributed by atoms with Crippen LogP contribution >= 0.6 is 0 Å². The standard InChI is InChI=1S/C22H10N4O8/c27-19-11-5-1-2-6-12(11)20(28)23(19)15-9-16(18(26(33)34)10-17(15)25(31)32)24-21(29)13-7-3-4-8-14(13)22(24)30/h1-10H. The van der Waals surface area contributed by atoms with Gasteiger partial charge in [0.15, 0.2) is 0 Å². The lowest BCUT2D eigenvalue weighted by Gasteiger charge is -2.19. The molecule has 0 unspecified atom stereocenters. The lowest BCUT2D eigenvalue weighted by Crippen LogP contribution is -2.32. The minimum atomic E-state index is -0.988. The monoisotopic (exact) mass is 458 g/mol. The van der Waals surface area contributed by atoms with E-state index in [9.17, 15) is 39.4 Å². The molecule has 0 saturated heterocycles. The summed E-state index contributed by atoms with van der Waals surface area (Å²) >= 11 is 0. The minimum absolute atomic E-state index is 0.0116. The van der Waals surface area contributed by atoms with Crippen LogP contribution in [0, 0.1) is 20.2 Å². The molecule has 2 heterocycles. The largest absolute Gasteiger partial charge is 0.300 e. The summed E-state index contributed by atoms with van der Waals surface area (Å²) in [5.41, 5.74) is -3.08. The molecule has 0 aromatic heterocycles. The summed E-state index contributed by atoms with van der Waals surface area (Å²) in [5, 5.41) is 23.5. The number of anilines is 2. The summed E-state index contributed by atoms with van der Waals surface area (Å²) in [5.74, 6) is -3.53. The zero-order chi connectivity index (χ0) is 24.3. The van der Waals surface area contributed by atoms with Gasteiger partial charge in [-0.1, -0.05) is 24.3 Å². The molecule has 166 valence electrons. The van der Waals surface area contributed by atoms with Crippen molar-refractivity contribution in [2.45, 2.75) is 0 Å². The van der Waals surface area contributed by atoms with Gasteiger partial charge >= 0.3 is 0 Å². The first-order chi connectivity index (χ1) is 16.2. The maximum Gasteiger partial charge on any atom is 0.300 e. The van der Waals surface area contributed by atoms with Crippen molar-refractivity contribution in [3.05, 3.63) is 103 Å². The molecule has 5 rings (SSSR count). The van der Waals surface area contributed by atoms with Gasteiger partial charge in [-0.05, 0) is 24.3 Å². The van der Waals surface area contributed by atoms with Crippen LogP contribution < -0.4 is 9.80 Å². The topological polar surface area (TPSA) is 161 Å². The van der Waals surface area contributed by atoms with Gasteiger partial charge in [0.05, 0.1) is 38.2 Å². The highest BCUT2D eigenvalue weighted by molar-refractivity contribution is 6.37. The van der Waals surface area contributed by atoms with Crippen LogP contribution in [0.2, 0.25) is 0 Å². The van der Waals surface area contributed by atoms with E-state index in [4.69, 9.17) is 0 Å². The van der Waals surface area contributed by atoms with Crippen molar-refractivity contribution >= 4 is 46.4 Å². The average molecular weight is 458 g/mol. The molecule has 12 nitrogen and oxygen atoms in total. The Morgan fingerprint density at radius 2 is 0.824 bits per heavy atom. The van der Waals surface area contributed by atoms with E-state index in [0.29, 0.717) is 15.9 Å². The van der Waals surface area contributed by atoms with Gasteiger partial charge in [0.1, 0.15) is 11.4 Å². The van der Waals surface area contributed by atoms with Gasteiger partial charge in [-0.25, -0.2) is 9.80 Å². The molecule has 2 aliphatic rings. The summed E-state index contributed by atoms with van der Waals surface area (Å²) in [6.45, 7) is 0. The second-order valence-electron chi connectivity index (χ2n) is 7.33. The molecule has 0 aliphatic carbocycles. The number of benzene rings is 3. The molecule has 0 fully saturated rings. The van der Waals surface area contributed by atoms with Crippen LogP contribution in [-0.4, -0.2) is 33.5 Å². The maximum atomic E-state index is 12.9. The molecule has 0 atom stereocenters. The smallest absolute Gasteiger partial charge is 0.268 e. The van der Waals surface area contributed by atoms with Crippen LogP contribution in [0.4, 0.5) is 22.7 Å². The third-order valence-electron chi connectivity index (χ3n) is 5.54. The molecule has 12 heteroatoms. The van der Waals surface area contributed by atoms with Crippen LogP contribution in [0.1, 0.15) is 41.4 Å². The van der Waals surface area contributed by atoms with E-state index in [-0.39, 0.29) is 22.3 Å². The molecular weight excluding hydrogens is 448 g/mol. The molecule has 3 aromatic carbocycles. The van der Waals surface area contributed by atoms with Crippen LogP contribution in [0.3, 0.4) is 0 Å². The van der Waals surface area contributed by atoms with E-state index in [1.54, 1.807) is 0 Å². The zero-order valence-electron chi connectivity index (χ0n) is 16.8. The molecule has 0 N–H and O–H groups in total. The first kappa shape index (κ1) is 20.6. The minimum Gasteiger partial charge on any atom is -0.268 e. The van der Waals surface area contributed by atoms with Crippen molar-refractivity contribution < 1.29 is 29.0 Å². The van der Waals surface area contributed by atoms with Crippen molar-refractivity contribution in [1.29, 1.82) is 0 Å². The lowest BCUT2D eigenvalue weighted by molar-refractivity contribution is -0.393. The Kier molecular flexibility index (Phi) is 4.33. The number of imide groups is 2. The van der Waals surface area contributed by atoms with Crippen molar-refractivity contribution in [1.82, 2.24) is 0 Å². The number of hydrogen-bond acceptors (Lipinski definition) is 8. The average Bonchev–Trinajstić information content (AvgIpc) is 3.23. The first-order valence-corrected chi connectivity index (χ1v) is 9.65. The number of carbonyl (C=O) groups is 4. The predicted octanol–water partition coefficient (Wildman–Crippen LogP) is 3.10.